The number of hydrogen-bond acceptors (Lipinski definition) is 2. The van der Waals surface area contributed by atoms with Crippen LogP contribution in [-0.2, 0) is 11.2 Å². The minimum absolute atomic E-state index is 0.356. The Morgan fingerprint density at radius 2 is 1.95 bits per heavy atom. The molecular weight excluding hydrogens is 244 g/mol. The van der Waals surface area contributed by atoms with Gasteiger partial charge in [-0.25, -0.2) is 9.59 Å². The van der Waals surface area contributed by atoms with Crippen molar-refractivity contribution in [2.45, 2.75) is 25.8 Å². The third-order valence-corrected chi connectivity index (χ3v) is 2.93. The Bertz CT molecular complexity index is 420. The Hall–Kier alpha value is -2.04. The summed E-state index contributed by atoms with van der Waals surface area (Å²) >= 11 is 0. The van der Waals surface area contributed by atoms with Crippen LogP contribution < -0.4 is 5.32 Å². The zero-order valence-electron chi connectivity index (χ0n) is 11.3. The summed E-state index contributed by atoms with van der Waals surface area (Å²) in [5, 5.41) is 11.4. The van der Waals surface area contributed by atoms with Gasteiger partial charge in [0.15, 0.2) is 0 Å². The van der Waals surface area contributed by atoms with Crippen molar-refractivity contribution >= 4 is 12.0 Å². The molecule has 0 fully saturated rings. The minimum atomic E-state index is -1.01. The molecule has 5 heteroatoms. The molecule has 0 heterocycles. The summed E-state index contributed by atoms with van der Waals surface area (Å²) in [4.78, 5) is 24.1. The molecule has 2 amide bonds. The number of nitrogens with one attached hydrogen (secondary N) is 1. The molecule has 2 N–H and O–H groups in total. The van der Waals surface area contributed by atoms with Crippen LogP contribution in [0.5, 0.6) is 0 Å². The summed E-state index contributed by atoms with van der Waals surface area (Å²) in [5.74, 6) is -1.01. The topological polar surface area (TPSA) is 69.6 Å². The highest BCUT2D eigenvalue weighted by atomic mass is 16.4. The summed E-state index contributed by atoms with van der Waals surface area (Å²) in [7, 11) is 1.66. The Labute approximate surface area is 113 Å². The zero-order chi connectivity index (χ0) is 14.3. The predicted octanol–water partition coefficient (Wildman–Crippen LogP) is 1.73. The number of rotatable bonds is 6. The van der Waals surface area contributed by atoms with Crippen molar-refractivity contribution in [2.24, 2.45) is 0 Å². The van der Waals surface area contributed by atoms with Gasteiger partial charge in [-0.2, -0.15) is 0 Å². The molecule has 1 unspecified atom stereocenters. The normalized spacial score (nSPS) is 11.7. The Balaban J connectivity index is 2.42. The molecule has 0 saturated carbocycles. The Morgan fingerprint density at radius 1 is 1.32 bits per heavy atom. The van der Waals surface area contributed by atoms with E-state index in [0.717, 1.165) is 12.0 Å². The first-order chi connectivity index (χ1) is 9.04. The highest BCUT2D eigenvalue weighted by molar-refractivity contribution is 5.82. The number of carboxylic acid groups (broad SMARTS) is 1. The second-order valence-corrected chi connectivity index (χ2v) is 4.41. The van der Waals surface area contributed by atoms with Gasteiger partial charge in [-0.1, -0.05) is 37.3 Å². The summed E-state index contributed by atoms with van der Waals surface area (Å²) in [5.41, 5.74) is 1.15. The first-order valence-corrected chi connectivity index (χ1v) is 6.33. The lowest BCUT2D eigenvalue weighted by Crippen LogP contribution is -2.46. The van der Waals surface area contributed by atoms with E-state index in [1.54, 1.807) is 14.0 Å². The van der Waals surface area contributed by atoms with Crippen LogP contribution in [0.4, 0.5) is 4.79 Å². The van der Waals surface area contributed by atoms with E-state index in [-0.39, 0.29) is 6.03 Å². The summed E-state index contributed by atoms with van der Waals surface area (Å²) in [6.07, 6.45) is 1.11. The largest absolute Gasteiger partial charge is 0.480 e. The van der Waals surface area contributed by atoms with Gasteiger partial charge in [0.05, 0.1) is 0 Å². The number of carbonyl (C=O) groups excluding carboxylic acids is 1. The maximum absolute atomic E-state index is 11.8. The quantitative estimate of drug-likeness (QED) is 0.822. The van der Waals surface area contributed by atoms with Gasteiger partial charge in [0.1, 0.15) is 6.04 Å². The molecule has 0 saturated heterocycles. The predicted molar refractivity (Wildman–Crippen MR) is 73.0 cm³/mol. The third kappa shape index (κ3) is 4.99. The number of likely N-dealkylation sites (N-methyl/N-ethyl adjacent to an activating group) is 1. The molecule has 19 heavy (non-hydrogen) atoms. The zero-order valence-corrected chi connectivity index (χ0v) is 11.3. The number of urea groups is 1. The first kappa shape index (κ1) is 15.0. The monoisotopic (exact) mass is 264 g/mol. The molecule has 0 aliphatic carbocycles. The van der Waals surface area contributed by atoms with E-state index in [1.807, 2.05) is 30.3 Å². The molecule has 1 atom stereocenters. The molecule has 0 aromatic heterocycles. The van der Waals surface area contributed by atoms with E-state index in [4.69, 9.17) is 5.11 Å². The SMILES string of the molecule is CCC(NC(=O)N(C)CCc1ccccc1)C(=O)O. The van der Waals surface area contributed by atoms with E-state index in [2.05, 4.69) is 5.32 Å². The molecule has 1 aromatic rings. The van der Waals surface area contributed by atoms with Crippen molar-refractivity contribution in [1.29, 1.82) is 0 Å². The van der Waals surface area contributed by atoms with Crippen LogP contribution in [0.3, 0.4) is 0 Å². The lowest BCUT2D eigenvalue weighted by atomic mass is 10.1. The fraction of sp³-hybridized carbons (Fsp3) is 0.429. The average molecular weight is 264 g/mol. The molecular formula is C14H20N2O3. The van der Waals surface area contributed by atoms with Crippen molar-refractivity contribution in [2.75, 3.05) is 13.6 Å². The van der Waals surface area contributed by atoms with Gasteiger partial charge in [-0.05, 0) is 18.4 Å². The van der Waals surface area contributed by atoms with Crippen molar-refractivity contribution in [1.82, 2.24) is 10.2 Å². The number of aliphatic carboxylic acids is 1. The number of amides is 2. The highest BCUT2D eigenvalue weighted by Gasteiger charge is 2.19. The number of hydrogen-bond donors (Lipinski definition) is 2. The van der Waals surface area contributed by atoms with E-state index < -0.39 is 12.0 Å². The summed E-state index contributed by atoms with van der Waals surface area (Å²) in [6.45, 7) is 2.27. The van der Waals surface area contributed by atoms with E-state index in [1.165, 1.54) is 4.90 Å². The Kier molecular flexibility index (Phi) is 5.85. The maximum atomic E-state index is 11.8. The molecule has 5 nitrogen and oxygen atoms in total. The smallest absolute Gasteiger partial charge is 0.326 e. The maximum Gasteiger partial charge on any atom is 0.326 e. The van der Waals surface area contributed by atoms with Crippen LogP contribution in [0.1, 0.15) is 18.9 Å². The molecule has 104 valence electrons. The molecule has 0 spiro atoms. The fourth-order valence-corrected chi connectivity index (χ4v) is 1.64. The number of benzene rings is 1. The lowest BCUT2D eigenvalue weighted by molar-refractivity contribution is -0.139. The van der Waals surface area contributed by atoms with Gasteiger partial charge in [0.2, 0.25) is 0 Å². The fourth-order valence-electron chi connectivity index (χ4n) is 1.64. The molecule has 1 aromatic carbocycles. The average Bonchev–Trinajstić information content (AvgIpc) is 2.42. The third-order valence-electron chi connectivity index (χ3n) is 2.93. The van der Waals surface area contributed by atoms with Gasteiger partial charge in [0.25, 0.3) is 0 Å². The lowest BCUT2D eigenvalue weighted by Gasteiger charge is -2.20. The van der Waals surface area contributed by atoms with Gasteiger partial charge in [0, 0.05) is 13.6 Å². The van der Waals surface area contributed by atoms with Crippen LogP contribution in [0.15, 0.2) is 30.3 Å². The summed E-state index contributed by atoms with van der Waals surface area (Å²) in [6, 6.07) is 8.66. The second kappa shape index (κ2) is 7.41. The van der Waals surface area contributed by atoms with Gasteiger partial charge < -0.3 is 15.3 Å². The van der Waals surface area contributed by atoms with Crippen LogP contribution in [-0.4, -0.2) is 41.6 Å². The Morgan fingerprint density at radius 3 is 2.47 bits per heavy atom. The van der Waals surface area contributed by atoms with Crippen LogP contribution in [0, 0.1) is 0 Å². The number of carboxylic acids is 1. The molecule has 0 aliphatic heterocycles. The van der Waals surface area contributed by atoms with Crippen molar-refractivity contribution in [3.8, 4) is 0 Å². The second-order valence-electron chi connectivity index (χ2n) is 4.41. The molecule has 0 bridgehead atoms. The molecule has 1 rings (SSSR count). The van der Waals surface area contributed by atoms with Gasteiger partial charge >= 0.3 is 12.0 Å². The van der Waals surface area contributed by atoms with Gasteiger partial charge in [-0.15, -0.1) is 0 Å². The van der Waals surface area contributed by atoms with E-state index in [0.29, 0.717) is 13.0 Å². The molecule has 0 radical (unpaired) electrons. The number of nitrogens with zero attached hydrogens (tertiary/aromatic N) is 1. The summed E-state index contributed by atoms with van der Waals surface area (Å²) < 4.78 is 0. The van der Waals surface area contributed by atoms with Crippen LogP contribution in [0.2, 0.25) is 0 Å². The van der Waals surface area contributed by atoms with Crippen molar-refractivity contribution in [3.05, 3.63) is 35.9 Å². The number of carbonyl (C=O) groups is 2. The van der Waals surface area contributed by atoms with Gasteiger partial charge in [-0.3, -0.25) is 0 Å². The standard InChI is InChI=1S/C14H20N2O3/c1-3-12(13(17)18)15-14(19)16(2)10-9-11-7-5-4-6-8-11/h4-8,12H,3,9-10H2,1-2H3,(H,15,19)(H,17,18). The van der Waals surface area contributed by atoms with Crippen molar-refractivity contribution < 1.29 is 14.7 Å². The first-order valence-electron chi connectivity index (χ1n) is 6.33. The molecule has 0 aliphatic rings. The minimum Gasteiger partial charge on any atom is -0.480 e. The van der Waals surface area contributed by atoms with E-state index in [9.17, 15) is 9.59 Å². The highest BCUT2D eigenvalue weighted by Crippen LogP contribution is 2.01. The van der Waals surface area contributed by atoms with Crippen LogP contribution >= 0.6 is 0 Å². The van der Waals surface area contributed by atoms with Crippen molar-refractivity contribution in [3.63, 3.8) is 0 Å². The van der Waals surface area contributed by atoms with Crippen LogP contribution in [0.25, 0.3) is 0 Å². The van der Waals surface area contributed by atoms with E-state index >= 15 is 0 Å².